The number of aromatic amines is 1. The second-order valence-corrected chi connectivity index (χ2v) is 4.10. The van der Waals surface area contributed by atoms with Crippen LogP contribution in [0.4, 0.5) is 0 Å². The summed E-state index contributed by atoms with van der Waals surface area (Å²) >= 11 is 0. The van der Waals surface area contributed by atoms with E-state index in [9.17, 15) is 0 Å². The van der Waals surface area contributed by atoms with Crippen molar-refractivity contribution >= 4 is 0 Å². The number of likely N-dealkylation sites (N-methyl/N-ethyl adjacent to an activating group) is 1. The van der Waals surface area contributed by atoms with Crippen LogP contribution in [0.15, 0.2) is 12.5 Å². The van der Waals surface area contributed by atoms with Crippen molar-refractivity contribution in [2.24, 2.45) is 0 Å². The fourth-order valence-electron chi connectivity index (χ4n) is 1.65. The lowest BCUT2D eigenvalue weighted by Gasteiger charge is -2.30. The number of hydrogen-bond donors (Lipinski definition) is 1. The van der Waals surface area contributed by atoms with Gasteiger partial charge in [-0.05, 0) is 27.3 Å². The molecule has 0 aliphatic carbocycles. The highest BCUT2D eigenvalue weighted by atomic mass is 15.1. The summed E-state index contributed by atoms with van der Waals surface area (Å²) in [4.78, 5) is 9.62. The molecule has 0 amide bonds. The van der Waals surface area contributed by atoms with Gasteiger partial charge in [-0.1, -0.05) is 6.92 Å². The van der Waals surface area contributed by atoms with Crippen molar-refractivity contribution in [3.8, 4) is 0 Å². The van der Waals surface area contributed by atoms with Crippen molar-refractivity contribution in [1.29, 1.82) is 0 Å². The Labute approximate surface area is 86.5 Å². The number of nitrogens with zero attached hydrogens (tertiary/aromatic N) is 2. The van der Waals surface area contributed by atoms with Gasteiger partial charge in [-0.2, -0.15) is 0 Å². The Hall–Kier alpha value is -0.830. The standard InChI is InChI=1S/C11H21N3/c1-5-11(14(4)9(2)3)6-10-7-12-8-13-10/h7-9,11H,5-6H2,1-4H3,(H,12,13)/t11-/m1/s1. The molecule has 1 aromatic heterocycles. The predicted octanol–water partition coefficient (Wildman–Crippen LogP) is 2.07. The van der Waals surface area contributed by atoms with E-state index in [2.05, 4.69) is 42.7 Å². The second-order valence-electron chi connectivity index (χ2n) is 4.10. The van der Waals surface area contributed by atoms with Gasteiger partial charge in [-0.3, -0.25) is 0 Å². The number of hydrogen-bond acceptors (Lipinski definition) is 2. The van der Waals surface area contributed by atoms with Crippen LogP contribution in [0.25, 0.3) is 0 Å². The zero-order chi connectivity index (χ0) is 10.6. The molecule has 0 aliphatic heterocycles. The summed E-state index contributed by atoms with van der Waals surface area (Å²) in [6.07, 6.45) is 5.90. The Kier molecular flexibility index (Phi) is 4.14. The maximum Gasteiger partial charge on any atom is 0.0921 e. The highest BCUT2D eigenvalue weighted by Gasteiger charge is 2.16. The molecule has 3 heteroatoms. The molecule has 0 saturated carbocycles. The predicted molar refractivity (Wildman–Crippen MR) is 59.3 cm³/mol. The van der Waals surface area contributed by atoms with Crippen molar-refractivity contribution < 1.29 is 0 Å². The third-order valence-electron chi connectivity index (χ3n) is 2.87. The van der Waals surface area contributed by atoms with Gasteiger partial charge >= 0.3 is 0 Å². The number of nitrogens with one attached hydrogen (secondary N) is 1. The third-order valence-corrected chi connectivity index (χ3v) is 2.87. The number of rotatable bonds is 5. The molecule has 3 nitrogen and oxygen atoms in total. The maximum atomic E-state index is 4.04. The van der Waals surface area contributed by atoms with Crippen molar-refractivity contribution in [2.75, 3.05) is 7.05 Å². The highest BCUT2D eigenvalue weighted by Crippen LogP contribution is 2.11. The summed E-state index contributed by atoms with van der Waals surface area (Å²) in [7, 11) is 2.19. The molecule has 0 fully saturated rings. The van der Waals surface area contributed by atoms with Crippen LogP contribution in [0, 0.1) is 0 Å². The van der Waals surface area contributed by atoms with E-state index in [0.29, 0.717) is 12.1 Å². The second kappa shape index (κ2) is 5.15. The molecule has 1 rings (SSSR count). The normalized spacial score (nSPS) is 13.9. The summed E-state index contributed by atoms with van der Waals surface area (Å²) in [5, 5.41) is 0. The first-order valence-electron chi connectivity index (χ1n) is 5.34. The number of H-pyrrole nitrogens is 1. The minimum absolute atomic E-state index is 0.600. The van der Waals surface area contributed by atoms with E-state index in [1.54, 1.807) is 6.33 Å². The van der Waals surface area contributed by atoms with E-state index < -0.39 is 0 Å². The lowest BCUT2D eigenvalue weighted by atomic mass is 10.1. The Morgan fingerprint density at radius 1 is 1.50 bits per heavy atom. The van der Waals surface area contributed by atoms with E-state index in [4.69, 9.17) is 0 Å². The average Bonchev–Trinajstić information content (AvgIpc) is 2.65. The Morgan fingerprint density at radius 2 is 2.21 bits per heavy atom. The van der Waals surface area contributed by atoms with Crippen LogP contribution in [-0.4, -0.2) is 34.0 Å². The molecule has 80 valence electrons. The van der Waals surface area contributed by atoms with Gasteiger partial charge in [-0.15, -0.1) is 0 Å². The van der Waals surface area contributed by atoms with Crippen LogP contribution in [0.3, 0.4) is 0 Å². The quantitative estimate of drug-likeness (QED) is 0.780. The molecule has 1 heterocycles. The monoisotopic (exact) mass is 195 g/mol. The van der Waals surface area contributed by atoms with Gasteiger partial charge < -0.3 is 9.88 Å². The molecule has 0 aromatic carbocycles. The number of imidazole rings is 1. The minimum Gasteiger partial charge on any atom is -0.348 e. The van der Waals surface area contributed by atoms with E-state index in [1.807, 2.05) is 6.20 Å². The summed E-state index contributed by atoms with van der Waals surface area (Å²) < 4.78 is 0. The first-order chi connectivity index (χ1) is 6.65. The van der Waals surface area contributed by atoms with Crippen LogP contribution >= 0.6 is 0 Å². The fourth-order valence-corrected chi connectivity index (χ4v) is 1.65. The molecule has 0 aliphatic rings. The minimum atomic E-state index is 0.600. The van der Waals surface area contributed by atoms with Gasteiger partial charge in [0.15, 0.2) is 0 Å². The average molecular weight is 195 g/mol. The van der Waals surface area contributed by atoms with Gasteiger partial charge in [0.2, 0.25) is 0 Å². The van der Waals surface area contributed by atoms with E-state index in [0.717, 1.165) is 6.42 Å². The van der Waals surface area contributed by atoms with Crippen molar-refractivity contribution in [1.82, 2.24) is 14.9 Å². The van der Waals surface area contributed by atoms with Crippen LogP contribution in [0.5, 0.6) is 0 Å². The Morgan fingerprint density at radius 3 is 2.64 bits per heavy atom. The van der Waals surface area contributed by atoms with Gasteiger partial charge in [0, 0.05) is 30.4 Å². The molecule has 0 radical (unpaired) electrons. The highest BCUT2D eigenvalue weighted by molar-refractivity contribution is 4.97. The van der Waals surface area contributed by atoms with Gasteiger partial charge in [0.25, 0.3) is 0 Å². The lowest BCUT2D eigenvalue weighted by Crippen LogP contribution is -2.38. The Bertz CT molecular complexity index is 241. The molecule has 0 spiro atoms. The van der Waals surface area contributed by atoms with Crippen LogP contribution in [-0.2, 0) is 6.42 Å². The fraction of sp³-hybridized carbons (Fsp3) is 0.727. The van der Waals surface area contributed by atoms with Gasteiger partial charge in [0.1, 0.15) is 0 Å². The first-order valence-corrected chi connectivity index (χ1v) is 5.34. The zero-order valence-corrected chi connectivity index (χ0v) is 9.62. The summed E-state index contributed by atoms with van der Waals surface area (Å²) in [5.41, 5.74) is 1.23. The van der Waals surface area contributed by atoms with E-state index >= 15 is 0 Å². The molecule has 1 N–H and O–H groups in total. The Balaban J connectivity index is 2.55. The SMILES string of the molecule is CC[C@H](Cc1cnc[nH]1)N(C)C(C)C. The molecule has 1 atom stereocenters. The molecular formula is C11H21N3. The van der Waals surface area contributed by atoms with Gasteiger partial charge in [0.05, 0.1) is 6.33 Å². The van der Waals surface area contributed by atoms with Gasteiger partial charge in [-0.25, -0.2) is 4.98 Å². The summed E-state index contributed by atoms with van der Waals surface area (Å²) in [5.74, 6) is 0. The van der Waals surface area contributed by atoms with Crippen molar-refractivity contribution in [3.05, 3.63) is 18.2 Å². The number of aromatic nitrogens is 2. The van der Waals surface area contributed by atoms with Crippen LogP contribution < -0.4 is 0 Å². The van der Waals surface area contributed by atoms with E-state index in [1.165, 1.54) is 12.1 Å². The smallest absolute Gasteiger partial charge is 0.0921 e. The van der Waals surface area contributed by atoms with Crippen LogP contribution in [0.1, 0.15) is 32.9 Å². The topological polar surface area (TPSA) is 31.9 Å². The molecule has 1 aromatic rings. The first kappa shape index (κ1) is 11.2. The lowest BCUT2D eigenvalue weighted by molar-refractivity contribution is 0.188. The molecular weight excluding hydrogens is 174 g/mol. The maximum absolute atomic E-state index is 4.04. The zero-order valence-electron chi connectivity index (χ0n) is 9.62. The summed E-state index contributed by atoms with van der Waals surface area (Å²) in [6.45, 7) is 6.70. The third kappa shape index (κ3) is 2.84. The summed E-state index contributed by atoms with van der Waals surface area (Å²) in [6, 6.07) is 1.21. The van der Waals surface area contributed by atoms with Crippen molar-refractivity contribution in [2.45, 2.75) is 45.7 Å². The van der Waals surface area contributed by atoms with E-state index in [-0.39, 0.29) is 0 Å². The molecule has 0 unspecified atom stereocenters. The molecule has 0 bridgehead atoms. The molecule has 14 heavy (non-hydrogen) atoms. The largest absolute Gasteiger partial charge is 0.348 e. The van der Waals surface area contributed by atoms with Crippen molar-refractivity contribution in [3.63, 3.8) is 0 Å². The molecule has 0 saturated heterocycles. The van der Waals surface area contributed by atoms with Crippen LogP contribution in [0.2, 0.25) is 0 Å².